The Balaban J connectivity index is 1.34. The largest absolute Gasteiger partial charge is 0.417 e. The highest BCUT2D eigenvalue weighted by atomic mass is 19.4. The molecular formula is C29H26F3N3O2. The van der Waals surface area contributed by atoms with Gasteiger partial charge in [-0.05, 0) is 54.2 Å². The number of amides is 1. The van der Waals surface area contributed by atoms with Crippen molar-refractivity contribution in [2.75, 3.05) is 0 Å². The minimum atomic E-state index is -4.48. The van der Waals surface area contributed by atoms with Crippen LogP contribution in [0.1, 0.15) is 40.9 Å². The number of nitrogens with one attached hydrogen (secondary N) is 1. The highest BCUT2D eigenvalue weighted by Gasteiger charge is 2.33. The van der Waals surface area contributed by atoms with Crippen LogP contribution in [-0.4, -0.2) is 27.6 Å². The lowest BCUT2D eigenvalue weighted by molar-refractivity contribution is -0.137. The van der Waals surface area contributed by atoms with Crippen LogP contribution < -0.4 is 5.32 Å². The molecule has 1 heterocycles. The van der Waals surface area contributed by atoms with Crippen molar-refractivity contribution in [3.63, 3.8) is 0 Å². The molecule has 2 atom stereocenters. The fraction of sp³-hybridized carbons (Fsp3) is 0.241. The number of ether oxygens (including phenoxy) is 1. The van der Waals surface area contributed by atoms with E-state index in [1.807, 2.05) is 30.3 Å². The van der Waals surface area contributed by atoms with E-state index in [4.69, 9.17) is 4.74 Å². The van der Waals surface area contributed by atoms with Gasteiger partial charge in [-0.3, -0.25) is 9.36 Å². The second-order valence-electron chi connectivity index (χ2n) is 9.09. The van der Waals surface area contributed by atoms with Gasteiger partial charge in [-0.1, -0.05) is 60.7 Å². The lowest BCUT2D eigenvalue weighted by Gasteiger charge is -2.22. The molecule has 1 saturated carbocycles. The van der Waals surface area contributed by atoms with E-state index in [2.05, 4.69) is 10.3 Å². The van der Waals surface area contributed by atoms with E-state index < -0.39 is 11.7 Å². The fourth-order valence-corrected chi connectivity index (χ4v) is 4.78. The number of benzene rings is 3. The zero-order chi connectivity index (χ0) is 25.8. The zero-order valence-electron chi connectivity index (χ0n) is 20.0. The normalized spacial score (nSPS) is 17.6. The predicted octanol–water partition coefficient (Wildman–Crippen LogP) is 6.43. The summed E-state index contributed by atoms with van der Waals surface area (Å²) in [7, 11) is 0. The summed E-state index contributed by atoms with van der Waals surface area (Å²) in [5.41, 5.74) is 1.68. The number of alkyl halides is 3. The van der Waals surface area contributed by atoms with E-state index in [0.29, 0.717) is 23.6 Å². The lowest BCUT2D eigenvalue weighted by Crippen LogP contribution is -2.41. The third kappa shape index (κ3) is 5.59. The van der Waals surface area contributed by atoms with Gasteiger partial charge in [-0.15, -0.1) is 0 Å². The summed E-state index contributed by atoms with van der Waals surface area (Å²) < 4.78 is 48.4. The molecule has 5 nitrogen and oxygen atoms in total. The Morgan fingerprint density at radius 3 is 2.59 bits per heavy atom. The van der Waals surface area contributed by atoms with Gasteiger partial charge in [0, 0.05) is 5.69 Å². The molecule has 1 aromatic heterocycles. The third-order valence-corrected chi connectivity index (χ3v) is 6.61. The van der Waals surface area contributed by atoms with E-state index >= 15 is 0 Å². The molecule has 1 fully saturated rings. The number of hydrogen-bond acceptors (Lipinski definition) is 3. The Labute approximate surface area is 212 Å². The molecule has 1 N–H and O–H groups in total. The molecule has 0 aliphatic heterocycles. The molecule has 0 saturated heterocycles. The monoisotopic (exact) mass is 505 g/mol. The molecule has 1 amide bonds. The standard InChI is InChI=1S/C29H26F3N3O2/c30-29(31,32)24-13-5-4-12-23(24)21-10-6-11-22(16-21)35-19-33-17-26(35)28(36)34-25-14-7-15-27(25)37-18-20-8-2-1-3-9-20/h1-6,8-13,16-17,19,25,27H,7,14-15,18H2,(H,34,36)/t25?,27-/m1/s1. The van der Waals surface area contributed by atoms with Gasteiger partial charge in [0.2, 0.25) is 0 Å². The number of hydrogen-bond donors (Lipinski definition) is 1. The van der Waals surface area contributed by atoms with E-state index in [9.17, 15) is 18.0 Å². The van der Waals surface area contributed by atoms with Crippen molar-refractivity contribution >= 4 is 5.91 Å². The van der Waals surface area contributed by atoms with Crippen LogP contribution in [0, 0.1) is 0 Å². The number of aromatic nitrogens is 2. The van der Waals surface area contributed by atoms with Crippen molar-refractivity contribution in [2.45, 2.75) is 44.2 Å². The van der Waals surface area contributed by atoms with Gasteiger partial charge in [0.1, 0.15) is 5.69 Å². The van der Waals surface area contributed by atoms with E-state index in [0.717, 1.165) is 30.9 Å². The van der Waals surface area contributed by atoms with Crippen molar-refractivity contribution in [1.82, 2.24) is 14.9 Å². The molecule has 0 bridgehead atoms. The summed E-state index contributed by atoms with van der Waals surface area (Å²) in [5.74, 6) is -0.307. The predicted molar refractivity (Wildman–Crippen MR) is 134 cm³/mol. The van der Waals surface area contributed by atoms with Crippen LogP contribution in [0.4, 0.5) is 13.2 Å². The Kier molecular flexibility index (Phi) is 7.10. The van der Waals surface area contributed by atoms with Crippen LogP contribution in [0.25, 0.3) is 16.8 Å². The van der Waals surface area contributed by atoms with E-state index in [-0.39, 0.29) is 23.6 Å². The smallest absolute Gasteiger partial charge is 0.371 e. The number of nitrogens with zero attached hydrogens (tertiary/aromatic N) is 2. The summed E-state index contributed by atoms with van der Waals surface area (Å²) in [6.45, 7) is 0.474. The first-order valence-electron chi connectivity index (χ1n) is 12.2. The van der Waals surface area contributed by atoms with Crippen LogP contribution in [-0.2, 0) is 17.5 Å². The van der Waals surface area contributed by atoms with Crippen molar-refractivity contribution in [3.8, 4) is 16.8 Å². The minimum Gasteiger partial charge on any atom is -0.371 e. The quantitative estimate of drug-likeness (QED) is 0.315. The van der Waals surface area contributed by atoms with Crippen LogP contribution in [0.5, 0.6) is 0 Å². The first-order valence-corrected chi connectivity index (χ1v) is 12.2. The van der Waals surface area contributed by atoms with Crippen LogP contribution in [0.3, 0.4) is 0 Å². The molecule has 8 heteroatoms. The fourth-order valence-electron chi connectivity index (χ4n) is 4.78. The maximum atomic E-state index is 13.6. The number of halogens is 3. The summed E-state index contributed by atoms with van der Waals surface area (Å²) in [4.78, 5) is 17.4. The average molecular weight is 506 g/mol. The van der Waals surface area contributed by atoms with Gasteiger partial charge in [-0.2, -0.15) is 13.2 Å². The van der Waals surface area contributed by atoms with Gasteiger partial charge in [0.25, 0.3) is 5.91 Å². The maximum Gasteiger partial charge on any atom is 0.417 e. The second-order valence-corrected chi connectivity index (χ2v) is 9.09. The number of imidazole rings is 1. The molecule has 37 heavy (non-hydrogen) atoms. The van der Waals surface area contributed by atoms with Gasteiger partial charge in [-0.25, -0.2) is 4.98 Å². The van der Waals surface area contributed by atoms with Crippen LogP contribution in [0.15, 0.2) is 91.4 Å². The summed E-state index contributed by atoms with van der Waals surface area (Å²) in [6, 6.07) is 21.9. The number of carbonyl (C=O) groups excluding carboxylic acids is 1. The molecule has 0 radical (unpaired) electrons. The van der Waals surface area contributed by atoms with Crippen molar-refractivity contribution in [2.24, 2.45) is 0 Å². The number of carbonyl (C=O) groups is 1. The van der Waals surface area contributed by atoms with Gasteiger partial charge in [0.15, 0.2) is 0 Å². The first-order chi connectivity index (χ1) is 17.9. The van der Waals surface area contributed by atoms with Gasteiger partial charge < -0.3 is 10.1 Å². The average Bonchev–Trinajstić information content (AvgIpc) is 3.57. The molecular weight excluding hydrogens is 479 g/mol. The van der Waals surface area contributed by atoms with Crippen molar-refractivity contribution in [1.29, 1.82) is 0 Å². The molecule has 5 rings (SSSR count). The van der Waals surface area contributed by atoms with Gasteiger partial charge >= 0.3 is 6.18 Å². The molecule has 3 aromatic carbocycles. The van der Waals surface area contributed by atoms with Crippen molar-refractivity contribution in [3.05, 3.63) is 108 Å². The molecule has 190 valence electrons. The molecule has 0 spiro atoms. The Hall–Kier alpha value is -3.91. The highest BCUT2D eigenvalue weighted by molar-refractivity contribution is 5.93. The molecule has 1 aliphatic rings. The summed E-state index contributed by atoms with van der Waals surface area (Å²) >= 11 is 0. The topological polar surface area (TPSA) is 56.1 Å². The van der Waals surface area contributed by atoms with E-state index in [1.54, 1.807) is 34.9 Å². The molecule has 1 aliphatic carbocycles. The zero-order valence-corrected chi connectivity index (χ0v) is 20.0. The van der Waals surface area contributed by atoms with Crippen LogP contribution >= 0.6 is 0 Å². The Morgan fingerprint density at radius 2 is 1.78 bits per heavy atom. The van der Waals surface area contributed by atoms with Crippen molar-refractivity contribution < 1.29 is 22.7 Å². The van der Waals surface area contributed by atoms with Gasteiger partial charge in [0.05, 0.1) is 36.8 Å². The molecule has 1 unspecified atom stereocenters. The van der Waals surface area contributed by atoms with E-state index in [1.165, 1.54) is 24.7 Å². The SMILES string of the molecule is O=C(NC1CCC[C@H]1OCc1ccccc1)c1cncn1-c1cccc(-c2ccccc2C(F)(F)F)c1. The second kappa shape index (κ2) is 10.6. The number of rotatable bonds is 7. The maximum absolute atomic E-state index is 13.6. The first kappa shape index (κ1) is 24.8. The molecule has 4 aromatic rings. The Morgan fingerprint density at radius 1 is 1.00 bits per heavy atom. The lowest BCUT2D eigenvalue weighted by atomic mass is 9.99. The highest BCUT2D eigenvalue weighted by Crippen LogP contribution is 2.37. The third-order valence-electron chi connectivity index (χ3n) is 6.61. The Bertz CT molecular complexity index is 1370. The van der Waals surface area contributed by atoms with Crippen LogP contribution in [0.2, 0.25) is 0 Å². The minimum absolute atomic E-state index is 0.0762. The summed E-state index contributed by atoms with van der Waals surface area (Å²) in [5, 5.41) is 3.08. The summed E-state index contributed by atoms with van der Waals surface area (Å²) in [6.07, 6.45) is 0.989.